The fourth-order valence-electron chi connectivity index (χ4n) is 2.66. The van der Waals surface area contributed by atoms with Gasteiger partial charge in [0, 0.05) is 36.7 Å². The fourth-order valence-corrected chi connectivity index (χ4v) is 3.24. The highest BCUT2D eigenvalue weighted by atomic mass is 32.1. The van der Waals surface area contributed by atoms with E-state index in [1.807, 2.05) is 40.6 Å². The highest BCUT2D eigenvalue weighted by Crippen LogP contribution is 2.16. The van der Waals surface area contributed by atoms with Crippen LogP contribution >= 0.6 is 11.3 Å². The van der Waals surface area contributed by atoms with E-state index in [2.05, 4.69) is 22.2 Å². The highest BCUT2D eigenvalue weighted by Gasteiger charge is 2.26. The van der Waals surface area contributed by atoms with E-state index in [0.29, 0.717) is 13.1 Å². The lowest BCUT2D eigenvalue weighted by Gasteiger charge is -2.36. The molecule has 0 bridgehead atoms. The zero-order valence-corrected chi connectivity index (χ0v) is 14.5. The number of benzene rings is 1. The average Bonchev–Trinajstić information content (AvgIpc) is 3.15. The number of oxime groups is 1. The van der Waals surface area contributed by atoms with Crippen molar-refractivity contribution >= 4 is 29.1 Å². The lowest BCUT2D eigenvalue weighted by Crippen LogP contribution is -2.51. The van der Waals surface area contributed by atoms with E-state index in [-0.39, 0.29) is 5.91 Å². The van der Waals surface area contributed by atoms with Crippen molar-refractivity contribution in [3.05, 3.63) is 52.7 Å². The number of hydrogen-bond acceptors (Lipinski definition) is 5. The van der Waals surface area contributed by atoms with Gasteiger partial charge in [-0.3, -0.25) is 4.79 Å². The third-order valence-corrected chi connectivity index (χ3v) is 4.81. The molecule has 1 fully saturated rings. The number of rotatable bonds is 5. The number of para-hydroxylation sites is 1. The molecular formula is C18H21N3O2S. The first-order valence-electron chi connectivity index (χ1n) is 8.05. The minimum Gasteiger partial charge on any atom is -0.383 e. The van der Waals surface area contributed by atoms with Crippen LogP contribution in [0.15, 0.2) is 53.0 Å². The zero-order valence-electron chi connectivity index (χ0n) is 13.7. The summed E-state index contributed by atoms with van der Waals surface area (Å²) in [6.45, 7) is 4.83. The number of amides is 1. The van der Waals surface area contributed by atoms with E-state index in [4.69, 9.17) is 4.84 Å². The molecule has 0 spiro atoms. The van der Waals surface area contributed by atoms with Crippen molar-refractivity contribution in [2.45, 2.75) is 13.0 Å². The molecule has 1 aromatic carbocycles. The number of nitrogens with zero attached hydrogens (tertiary/aromatic N) is 3. The van der Waals surface area contributed by atoms with E-state index in [1.54, 1.807) is 24.5 Å². The molecule has 24 heavy (non-hydrogen) atoms. The van der Waals surface area contributed by atoms with Crippen molar-refractivity contribution in [2.24, 2.45) is 5.16 Å². The molecule has 1 atom stereocenters. The van der Waals surface area contributed by atoms with Crippen LogP contribution in [0, 0.1) is 0 Å². The molecule has 6 heteroatoms. The molecule has 2 heterocycles. The molecule has 5 nitrogen and oxygen atoms in total. The second kappa shape index (κ2) is 7.97. The molecule has 126 valence electrons. The molecule has 0 saturated carbocycles. The van der Waals surface area contributed by atoms with Crippen molar-refractivity contribution < 1.29 is 9.63 Å². The summed E-state index contributed by atoms with van der Waals surface area (Å²) in [6.07, 6.45) is 1.08. The Hall–Kier alpha value is -2.34. The van der Waals surface area contributed by atoms with Crippen molar-refractivity contribution in [1.29, 1.82) is 0 Å². The topological polar surface area (TPSA) is 45.1 Å². The quantitative estimate of drug-likeness (QED) is 0.619. The number of thiophene rings is 1. The second-order valence-corrected chi connectivity index (χ2v) is 6.62. The lowest BCUT2D eigenvalue weighted by atomic mass is 10.2. The maximum atomic E-state index is 12.4. The van der Waals surface area contributed by atoms with Gasteiger partial charge in [-0.25, -0.2) is 0 Å². The first-order chi connectivity index (χ1) is 11.7. The number of carbonyl (C=O) groups excluding carboxylic acids is 1. The van der Waals surface area contributed by atoms with Gasteiger partial charge in [-0.15, -0.1) is 11.3 Å². The Labute approximate surface area is 146 Å². The molecule has 0 aliphatic carbocycles. The zero-order chi connectivity index (χ0) is 16.8. The Bertz CT molecular complexity index is 665. The molecule has 1 aliphatic heterocycles. The molecule has 1 unspecified atom stereocenters. The lowest BCUT2D eigenvalue weighted by molar-refractivity contribution is -0.142. The second-order valence-electron chi connectivity index (χ2n) is 5.65. The molecule has 0 N–H and O–H groups in total. The van der Waals surface area contributed by atoms with Crippen LogP contribution in [-0.2, 0) is 9.63 Å². The van der Waals surface area contributed by atoms with Crippen LogP contribution in [0.2, 0.25) is 0 Å². The van der Waals surface area contributed by atoms with Crippen LogP contribution in [-0.4, -0.2) is 49.3 Å². The molecule has 1 amide bonds. The normalized spacial score (nSPS) is 16.4. The molecule has 0 radical (unpaired) electrons. The minimum absolute atomic E-state index is 0.00830. The average molecular weight is 343 g/mol. The van der Waals surface area contributed by atoms with Gasteiger partial charge in [0.15, 0.2) is 0 Å². The summed E-state index contributed by atoms with van der Waals surface area (Å²) in [5.41, 5.74) is 1.20. The summed E-state index contributed by atoms with van der Waals surface area (Å²) < 4.78 is 0. The highest BCUT2D eigenvalue weighted by molar-refractivity contribution is 7.11. The minimum atomic E-state index is -0.565. The van der Waals surface area contributed by atoms with Gasteiger partial charge < -0.3 is 14.6 Å². The summed E-state index contributed by atoms with van der Waals surface area (Å²) in [5.74, 6) is -0.00830. The van der Waals surface area contributed by atoms with E-state index in [9.17, 15) is 4.79 Å². The van der Waals surface area contributed by atoms with Gasteiger partial charge in [-0.05, 0) is 30.5 Å². The van der Waals surface area contributed by atoms with E-state index in [1.165, 1.54) is 5.69 Å². The largest absolute Gasteiger partial charge is 0.383 e. The monoisotopic (exact) mass is 343 g/mol. The predicted octanol–water partition coefficient (Wildman–Crippen LogP) is 2.84. The van der Waals surface area contributed by atoms with Crippen LogP contribution in [0.25, 0.3) is 0 Å². The fraction of sp³-hybridized carbons (Fsp3) is 0.333. The molecule has 2 aromatic rings. The standard InChI is InChI=1S/C18H21N3O2S/c1-15(23-19-14-17-8-5-13-24-17)18(22)21-11-9-20(10-12-21)16-6-3-2-4-7-16/h2-8,13-15H,9-12H2,1H3/b19-14+. The Kier molecular flexibility index (Phi) is 5.48. The third-order valence-electron chi connectivity index (χ3n) is 4.00. The molecule has 1 aromatic heterocycles. The van der Waals surface area contributed by atoms with Gasteiger partial charge >= 0.3 is 0 Å². The van der Waals surface area contributed by atoms with E-state index < -0.39 is 6.10 Å². The smallest absolute Gasteiger partial charge is 0.266 e. The van der Waals surface area contributed by atoms with Gasteiger partial charge in [0.2, 0.25) is 6.10 Å². The Morgan fingerprint density at radius 2 is 1.92 bits per heavy atom. The van der Waals surface area contributed by atoms with Gasteiger partial charge in [0.25, 0.3) is 5.91 Å². The summed E-state index contributed by atoms with van der Waals surface area (Å²) in [4.78, 5) is 22.9. The van der Waals surface area contributed by atoms with Gasteiger partial charge in [0.1, 0.15) is 0 Å². The Balaban J connectivity index is 1.47. The van der Waals surface area contributed by atoms with Gasteiger partial charge in [-0.2, -0.15) is 0 Å². The first-order valence-corrected chi connectivity index (χ1v) is 8.93. The SMILES string of the molecule is CC(O/N=C/c1cccs1)C(=O)N1CCN(c2ccccc2)CC1. The number of piperazine rings is 1. The van der Waals surface area contributed by atoms with E-state index in [0.717, 1.165) is 18.0 Å². The molecular weight excluding hydrogens is 322 g/mol. The van der Waals surface area contributed by atoms with Gasteiger partial charge in [0.05, 0.1) is 6.21 Å². The molecule has 1 aliphatic rings. The third kappa shape index (κ3) is 4.14. The number of anilines is 1. The molecule has 1 saturated heterocycles. The van der Waals surface area contributed by atoms with Crippen molar-refractivity contribution in [2.75, 3.05) is 31.1 Å². The van der Waals surface area contributed by atoms with Crippen LogP contribution in [0.4, 0.5) is 5.69 Å². The number of carbonyl (C=O) groups is 1. The summed E-state index contributed by atoms with van der Waals surface area (Å²) in [7, 11) is 0. The summed E-state index contributed by atoms with van der Waals surface area (Å²) in [5, 5.41) is 5.89. The summed E-state index contributed by atoms with van der Waals surface area (Å²) in [6, 6.07) is 14.2. The van der Waals surface area contributed by atoms with Crippen LogP contribution in [0.3, 0.4) is 0 Å². The maximum Gasteiger partial charge on any atom is 0.266 e. The van der Waals surface area contributed by atoms with Crippen molar-refractivity contribution in [3.63, 3.8) is 0 Å². The first kappa shape index (κ1) is 16.5. The maximum absolute atomic E-state index is 12.4. The van der Waals surface area contributed by atoms with Crippen LogP contribution in [0.5, 0.6) is 0 Å². The Morgan fingerprint density at radius 3 is 2.58 bits per heavy atom. The van der Waals surface area contributed by atoms with Crippen LogP contribution < -0.4 is 4.90 Å². The van der Waals surface area contributed by atoms with Gasteiger partial charge in [-0.1, -0.05) is 29.4 Å². The van der Waals surface area contributed by atoms with Crippen molar-refractivity contribution in [1.82, 2.24) is 4.90 Å². The van der Waals surface area contributed by atoms with Crippen molar-refractivity contribution in [3.8, 4) is 0 Å². The summed E-state index contributed by atoms with van der Waals surface area (Å²) >= 11 is 1.58. The molecule has 3 rings (SSSR count). The van der Waals surface area contributed by atoms with E-state index >= 15 is 0 Å². The predicted molar refractivity (Wildman–Crippen MR) is 97.7 cm³/mol. The number of hydrogen-bond donors (Lipinski definition) is 0. The Morgan fingerprint density at radius 1 is 1.17 bits per heavy atom. The van der Waals surface area contributed by atoms with Crippen LogP contribution in [0.1, 0.15) is 11.8 Å².